The van der Waals surface area contributed by atoms with Crippen LogP contribution in [0.15, 0.2) is 22.7 Å². The van der Waals surface area contributed by atoms with E-state index in [1.807, 2.05) is 6.92 Å². The first-order valence-corrected chi connectivity index (χ1v) is 7.09. The molecule has 1 aromatic carbocycles. The normalized spacial score (nSPS) is 14.0. The van der Waals surface area contributed by atoms with E-state index in [2.05, 4.69) is 35.1 Å². The predicted octanol–water partition coefficient (Wildman–Crippen LogP) is 3.59. The number of nitrogens with two attached hydrogens (primary N) is 1. The number of amides is 1. The molecule has 0 saturated carbocycles. The first kappa shape index (κ1) is 15.0. The lowest BCUT2D eigenvalue weighted by Gasteiger charge is -2.17. The van der Waals surface area contributed by atoms with Crippen LogP contribution in [0.2, 0.25) is 0 Å². The van der Waals surface area contributed by atoms with Crippen molar-refractivity contribution >= 4 is 27.5 Å². The van der Waals surface area contributed by atoms with Crippen LogP contribution in [0.4, 0.5) is 5.69 Å². The van der Waals surface area contributed by atoms with Crippen LogP contribution in [0.1, 0.15) is 44.0 Å². The molecule has 0 aliphatic heterocycles. The summed E-state index contributed by atoms with van der Waals surface area (Å²) in [5, 5.41) is 3.00. The summed E-state index contributed by atoms with van der Waals surface area (Å²) in [6.45, 7) is 6.39. The Morgan fingerprint density at radius 1 is 1.44 bits per heavy atom. The molecular formula is C14H21BrN2O. The maximum Gasteiger partial charge on any atom is 0.251 e. The lowest BCUT2D eigenvalue weighted by molar-refractivity contribution is 0.0935. The van der Waals surface area contributed by atoms with E-state index >= 15 is 0 Å². The SMILES string of the molecule is CCC(C)CC(C)NC(=O)c1ccc(Br)c(N)c1. The molecule has 18 heavy (non-hydrogen) atoms. The Hall–Kier alpha value is -1.03. The van der Waals surface area contributed by atoms with Crippen molar-refractivity contribution in [1.82, 2.24) is 5.32 Å². The molecule has 0 radical (unpaired) electrons. The summed E-state index contributed by atoms with van der Waals surface area (Å²) >= 11 is 3.31. The van der Waals surface area contributed by atoms with Gasteiger partial charge < -0.3 is 11.1 Å². The van der Waals surface area contributed by atoms with E-state index < -0.39 is 0 Å². The Kier molecular flexibility index (Phi) is 5.66. The van der Waals surface area contributed by atoms with Gasteiger partial charge in [0.05, 0.1) is 0 Å². The van der Waals surface area contributed by atoms with Gasteiger partial charge in [-0.3, -0.25) is 4.79 Å². The first-order valence-electron chi connectivity index (χ1n) is 6.30. The Morgan fingerprint density at radius 2 is 2.11 bits per heavy atom. The molecule has 2 unspecified atom stereocenters. The van der Waals surface area contributed by atoms with E-state index in [4.69, 9.17) is 5.73 Å². The van der Waals surface area contributed by atoms with Gasteiger partial charge in [0.2, 0.25) is 0 Å². The van der Waals surface area contributed by atoms with Crippen molar-refractivity contribution in [3.05, 3.63) is 28.2 Å². The van der Waals surface area contributed by atoms with Crippen molar-refractivity contribution in [2.24, 2.45) is 5.92 Å². The number of nitrogen functional groups attached to an aromatic ring is 1. The lowest BCUT2D eigenvalue weighted by Crippen LogP contribution is -2.33. The second kappa shape index (κ2) is 6.78. The number of hydrogen-bond donors (Lipinski definition) is 2. The maximum absolute atomic E-state index is 12.0. The Morgan fingerprint density at radius 3 is 2.67 bits per heavy atom. The minimum absolute atomic E-state index is 0.0648. The summed E-state index contributed by atoms with van der Waals surface area (Å²) in [6.07, 6.45) is 2.12. The van der Waals surface area contributed by atoms with Gasteiger partial charge in [0.15, 0.2) is 0 Å². The van der Waals surface area contributed by atoms with Gasteiger partial charge in [-0.15, -0.1) is 0 Å². The third kappa shape index (κ3) is 4.33. The van der Waals surface area contributed by atoms with Crippen LogP contribution >= 0.6 is 15.9 Å². The number of anilines is 1. The van der Waals surface area contributed by atoms with Crippen LogP contribution in [0.3, 0.4) is 0 Å². The van der Waals surface area contributed by atoms with Crippen molar-refractivity contribution in [2.45, 2.75) is 39.7 Å². The minimum Gasteiger partial charge on any atom is -0.398 e. The van der Waals surface area contributed by atoms with Gasteiger partial charge in [0.25, 0.3) is 5.91 Å². The summed E-state index contributed by atoms with van der Waals surface area (Å²) in [4.78, 5) is 12.0. The van der Waals surface area contributed by atoms with E-state index in [1.165, 1.54) is 0 Å². The van der Waals surface area contributed by atoms with E-state index in [-0.39, 0.29) is 11.9 Å². The summed E-state index contributed by atoms with van der Waals surface area (Å²) in [5.74, 6) is 0.556. The van der Waals surface area contributed by atoms with E-state index in [1.54, 1.807) is 18.2 Å². The Bertz CT molecular complexity index is 420. The molecule has 3 nitrogen and oxygen atoms in total. The van der Waals surface area contributed by atoms with Crippen LogP contribution in [0.5, 0.6) is 0 Å². The summed E-state index contributed by atoms with van der Waals surface area (Å²) in [7, 11) is 0. The van der Waals surface area contributed by atoms with Crippen LogP contribution in [-0.2, 0) is 0 Å². The van der Waals surface area contributed by atoms with Crippen LogP contribution < -0.4 is 11.1 Å². The molecule has 0 fully saturated rings. The molecule has 4 heteroatoms. The van der Waals surface area contributed by atoms with Gasteiger partial charge in [0.1, 0.15) is 0 Å². The number of rotatable bonds is 5. The molecule has 1 aromatic rings. The smallest absolute Gasteiger partial charge is 0.251 e. The Labute approximate surface area is 117 Å². The quantitative estimate of drug-likeness (QED) is 0.816. The molecule has 0 spiro atoms. The predicted molar refractivity (Wildman–Crippen MR) is 79.6 cm³/mol. The average Bonchev–Trinajstić information content (AvgIpc) is 2.32. The molecule has 0 aromatic heterocycles. The maximum atomic E-state index is 12.0. The second-order valence-corrected chi connectivity index (χ2v) is 5.71. The summed E-state index contributed by atoms with van der Waals surface area (Å²) in [6, 6.07) is 5.43. The van der Waals surface area contributed by atoms with Crippen molar-refractivity contribution in [2.75, 3.05) is 5.73 Å². The molecule has 3 N–H and O–H groups in total. The standard InChI is InChI=1S/C14H21BrN2O/c1-4-9(2)7-10(3)17-14(18)11-5-6-12(15)13(16)8-11/h5-6,8-10H,4,7,16H2,1-3H3,(H,17,18). The highest BCUT2D eigenvalue weighted by Gasteiger charge is 2.12. The Balaban J connectivity index is 2.62. The third-order valence-corrected chi connectivity index (χ3v) is 3.81. The molecule has 0 heterocycles. The van der Waals surface area contributed by atoms with Gasteiger partial charge in [0, 0.05) is 21.8 Å². The summed E-state index contributed by atoms with van der Waals surface area (Å²) < 4.78 is 0.812. The molecule has 1 amide bonds. The summed E-state index contributed by atoms with van der Waals surface area (Å²) in [5.41, 5.74) is 6.95. The molecule has 0 saturated heterocycles. The number of hydrogen-bond acceptors (Lipinski definition) is 2. The van der Waals surface area contributed by atoms with Crippen molar-refractivity contribution in [3.8, 4) is 0 Å². The molecule has 0 bridgehead atoms. The van der Waals surface area contributed by atoms with Crippen LogP contribution in [0.25, 0.3) is 0 Å². The average molecular weight is 313 g/mol. The molecule has 0 aliphatic rings. The minimum atomic E-state index is -0.0648. The zero-order valence-electron chi connectivity index (χ0n) is 11.2. The monoisotopic (exact) mass is 312 g/mol. The van der Waals surface area contributed by atoms with Gasteiger partial charge in [-0.05, 0) is 53.4 Å². The number of benzene rings is 1. The van der Waals surface area contributed by atoms with Gasteiger partial charge in [-0.25, -0.2) is 0 Å². The number of carbonyl (C=O) groups is 1. The zero-order chi connectivity index (χ0) is 13.7. The fraction of sp³-hybridized carbons (Fsp3) is 0.500. The van der Waals surface area contributed by atoms with Crippen molar-refractivity contribution in [1.29, 1.82) is 0 Å². The highest BCUT2D eigenvalue weighted by molar-refractivity contribution is 9.10. The zero-order valence-corrected chi connectivity index (χ0v) is 12.8. The van der Waals surface area contributed by atoms with Crippen LogP contribution in [0, 0.1) is 5.92 Å². The highest BCUT2D eigenvalue weighted by atomic mass is 79.9. The number of carbonyl (C=O) groups excluding carboxylic acids is 1. The fourth-order valence-electron chi connectivity index (χ4n) is 1.82. The largest absolute Gasteiger partial charge is 0.398 e. The molecule has 1 rings (SSSR count). The van der Waals surface area contributed by atoms with E-state index in [0.717, 1.165) is 17.3 Å². The van der Waals surface area contributed by atoms with Gasteiger partial charge >= 0.3 is 0 Å². The number of halogens is 1. The third-order valence-electron chi connectivity index (χ3n) is 3.09. The first-order chi connectivity index (χ1) is 8.43. The van der Waals surface area contributed by atoms with Crippen molar-refractivity contribution in [3.63, 3.8) is 0 Å². The number of nitrogens with one attached hydrogen (secondary N) is 1. The fourth-order valence-corrected chi connectivity index (χ4v) is 2.07. The second-order valence-electron chi connectivity index (χ2n) is 4.86. The topological polar surface area (TPSA) is 55.1 Å². The molecule has 2 atom stereocenters. The van der Waals surface area contributed by atoms with E-state index in [9.17, 15) is 4.79 Å². The molecule has 100 valence electrons. The van der Waals surface area contributed by atoms with E-state index in [0.29, 0.717) is 17.2 Å². The lowest BCUT2D eigenvalue weighted by atomic mass is 10.00. The highest BCUT2D eigenvalue weighted by Crippen LogP contribution is 2.20. The van der Waals surface area contributed by atoms with Crippen molar-refractivity contribution < 1.29 is 4.79 Å². The van der Waals surface area contributed by atoms with Gasteiger partial charge in [-0.2, -0.15) is 0 Å². The van der Waals surface area contributed by atoms with Gasteiger partial charge in [-0.1, -0.05) is 20.3 Å². The van der Waals surface area contributed by atoms with Crippen LogP contribution in [-0.4, -0.2) is 11.9 Å². The molecular weight excluding hydrogens is 292 g/mol. The molecule has 0 aliphatic carbocycles.